The van der Waals surface area contributed by atoms with Gasteiger partial charge in [0.05, 0.1) is 23.8 Å². The van der Waals surface area contributed by atoms with Crippen molar-refractivity contribution in [3.05, 3.63) is 105 Å². The molecule has 0 fully saturated rings. The number of anilines is 2. The summed E-state index contributed by atoms with van der Waals surface area (Å²) < 4.78 is 18.0. The quantitative estimate of drug-likeness (QED) is 0.207. The van der Waals surface area contributed by atoms with Crippen molar-refractivity contribution >= 4 is 39.9 Å². The number of hydrogen-bond donors (Lipinski definition) is 1. The molecule has 0 aliphatic heterocycles. The first kappa shape index (κ1) is 30.1. The van der Waals surface area contributed by atoms with Crippen LogP contribution in [-0.2, 0) is 28.6 Å². The summed E-state index contributed by atoms with van der Waals surface area (Å²) in [6.07, 6.45) is 1.57. The van der Waals surface area contributed by atoms with E-state index < -0.39 is 34.1 Å². The van der Waals surface area contributed by atoms with Crippen molar-refractivity contribution < 1.29 is 28.4 Å². The van der Waals surface area contributed by atoms with Gasteiger partial charge in [0.15, 0.2) is 5.78 Å². The summed E-state index contributed by atoms with van der Waals surface area (Å²) in [5.41, 5.74) is 2.08. The van der Waals surface area contributed by atoms with Crippen LogP contribution in [0.25, 0.3) is 11.3 Å². The fraction of sp³-hybridized carbons (Fsp3) is 0.194. The zero-order chi connectivity index (χ0) is 30.6. The molecule has 0 aliphatic carbocycles. The zero-order valence-corrected chi connectivity index (χ0v) is 24.3. The summed E-state index contributed by atoms with van der Waals surface area (Å²) in [5, 5.41) is 13.9. The van der Waals surface area contributed by atoms with Crippen molar-refractivity contribution in [3.8, 4) is 11.3 Å². The van der Waals surface area contributed by atoms with E-state index in [0.29, 0.717) is 27.3 Å². The number of ketones is 1. The molecule has 11 heteroatoms. The number of Topliss-reactive ketones (excluding diaryl/α,β-unsaturated/α-hetero) is 1. The molecule has 0 bridgehead atoms. The third-order valence-electron chi connectivity index (χ3n) is 6.65. The predicted molar refractivity (Wildman–Crippen MR) is 159 cm³/mol. The van der Waals surface area contributed by atoms with Crippen LogP contribution in [0.4, 0.5) is 11.4 Å². The molecule has 4 aromatic rings. The molecule has 0 aliphatic rings. The summed E-state index contributed by atoms with van der Waals surface area (Å²) in [6.45, 7) is 3.43. The topological polar surface area (TPSA) is 136 Å². The molecular formula is C31H29N3O7S. The summed E-state index contributed by atoms with van der Waals surface area (Å²) in [4.78, 5) is 53.0. The number of aromatic nitrogens is 2. The Balaban J connectivity index is 1.99. The van der Waals surface area contributed by atoms with Crippen LogP contribution in [0.15, 0.2) is 82.5 Å². The SMILES string of the molecule is CCn1nc(-c2ccc(S(C)=O)cc2)c(C(C)=O)c(N(Cc2ccc(C(=O)O)cc2)c2ccc(C(=O)OC)cc2)c1=O. The normalized spacial score (nSPS) is 11.5. The Bertz CT molecular complexity index is 1730. The molecule has 42 heavy (non-hydrogen) atoms. The maximum atomic E-state index is 13.9. The lowest BCUT2D eigenvalue weighted by Gasteiger charge is -2.28. The highest BCUT2D eigenvalue weighted by Crippen LogP contribution is 2.34. The fourth-order valence-corrected chi connectivity index (χ4v) is 5.01. The van der Waals surface area contributed by atoms with Gasteiger partial charge in [0.2, 0.25) is 0 Å². The molecule has 1 aromatic heterocycles. The molecule has 0 saturated carbocycles. The molecule has 0 saturated heterocycles. The number of carbonyl (C=O) groups excluding carboxylic acids is 2. The number of aromatic carboxylic acids is 1. The third kappa shape index (κ3) is 6.21. The van der Waals surface area contributed by atoms with E-state index in [1.54, 1.807) is 78.7 Å². The van der Waals surface area contributed by atoms with E-state index in [9.17, 15) is 28.5 Å². The first-order chi connectivity index (χ1) is 20.0. The Morgan fingerprint density at radius 3 is 2.05 bits per heavy atom. The van der Waals surface area contributed by atoms with E-state index in [4.69, 9.17) is 4.74 Å². The minimum atomic E-state index is -1.21. The highest BCUT2D eigenvalue weighted by Gasteiger charge is 2.27. The second-order valence-corrected chi connectivity index (χ2v) is 10.7. The molecular weight excluding hydrogens is 558 g/mol. The average Bonchev–Trinajstić information content (AvgIpc) is 2.99. The fourth-order valence-electron chi connectivity index (χ4n) is 4.49. The molecule has 3 aromatic carbocycles. The van der Waals surface area contributed by atoms with E-state index in [2.05, 4.69) is 5.10 Å². The average molecular weight is 588 g/mol. The first-order valence-corrected chi connectivity index (χ1v) is 14.5. The maximum absolute atomic E-state index is 13.9. The van der Waals surface area contributed by atoms with Crippen molar-refractivity contribution in [3.63, 3.8) is 0 Å². The largest absolute Gasteiger partial charge is 0.478 e. The van der Waals surface area contributed by atoms with Crippen molar-refractivity contribution in [2.24, 2.45) is 0 Å². The number of benzene rings is 3. The Labute approximate surface area is 244 Å². The van der Waals surface area contributed by atoms with Crippen LogP contribution in [0.3, 0.4) is 0 Å². The number of carboxylic acid groups (broad SMARTS) is 1. The predicted octanol–water partition coefficient (Wildman–Crippen LogP) is 4.69. The Morgan fingerprint density at radius 1 is 0.952 bits per heavy atom. The number of aryl methyl sites for hydroxylation is 1. The molecule has 1 atom stereocenters. The van der Waals surface area contributed by atoms with Gasteiger partial charge in [0, 0.05) is 46.3 Å². The van der Waals surface area contributed by atoms with Gasteiger partial charge in [-0.2, -0.15) is 5.10 Å². The standard InChI is InChI=1S/C31H29N3O7S/c1-5-34-29(36)28(26(19(2)35)27(32-34)21-12-16-25(17-13-21)42(4)40)33(18-20-6-8-22(9-7-20)30(37)38)24-14-10-23(11-15-24)31(39)41-3/h6-17H,5,18H2,1-4H3,(H,37,38). The molecule has 1 heterocycles. The van der Waals surface area contributed by atoms with Gasteiger partial charge in [0.1, 0.15) is 11.4 Å². The van der Waals surface area contributed by atoms with Gasteiger partial charge in [-0.05, 0) is 67.9 Å². The van der Waals surface area contributed by atoms with Gasteiger partial charge in [0.25, 0.3) is 5.56 Å². The van der Waals surface area contributed by atoms with Gasteiger partial charge < -0.3 is 14.7 Å². The molecule has 4 rings (SSSR count). The highest BCUT2D eigenvalue weighted by molar-refractivity contribution is 7.84. The lowest BCUT2D eigenvalue weighted by molar-refractivity contribution is 0.0599. The lowest BCUT2D eigenvalue weighted by atomic mass is 10.0. The Morgan fingerprint density at radius 2 is 1.55 bits per heavy atom. The van der Waals surface area contributed by atoms with Gasteiger partial charge in [-0.3, -0.25) is 13.8 Å². The minimum absolute atomic E-state index is 0.0747. The van der Waals surface area contributed by atoms with E-state index in [-0.39, 0.29) is 35.6 Å². The van der Waals surface area contributed by atoms with Crippen LogP contribution in [0.1, 0.15) is 50.5 Å². The number of carbonyl (C=O) groups is 3. The molecule has 1 N–H and O–H groups in total. The van der Waals surface area contributed by atoms with E-state index in [0.717, 1.165) is 0 Å². The number of methoxy groups -OCH3 is 1. The number of hydrogen-bond acceptors (Lipinski definition) is 8. The molecule has 10 nitrogen and oxygen atoms in total. The number of nitrogens with zero attached hydrogens (tertiary/aromatic N) is 3. The minimum Gasteiger partial charge on any atom is -0.478 e. The Kier molecular flexibility index (Phi) is 9.12. The van der Waals surface area contributed by atoms with E-state index in [1.165, 1.54) is 30.8 Å². The lowest BCUT2D eigenvalue weighted by Crippen LogP contribution is -2.33. The van der Waals surface area contributed by atoms with Crippen molar-refractivity contribution in [2.75, 3.05) is 18.3 Å². The zero-order valence-electron chi connectivity index (χ0n) is 23.5. The number of carboxylic acids is 1. The van der Waals surface area contributed by atoms with Crippen molar-refractivity contribution in [1.29, 1.82) is 0 Å². The summed E-state index contributed by atoms with van der Waals surface area (Å²) >= 11 is 0. The number of rotatable bonds is 10. The Hall–Kier alpha value is -4.90. The molecule has 0 spiro atoms. The van der Waals surface area contributed by atoms with Crippen molar-refractivity contribution in [1.82, 2.24) is 9.78 Å². The van der Waals surface area contributed by atoms with Crippen LogP contribution in [0.2, 0.25) is 0 Å². The molecule has 1 unspecified atom stereocenters. The van der Waals surface area contributed by atoms with Crippen molar-refractivity contribution in [2.45, 2.75) is 31.8 Å². The third-order valence-corrected chi connectivity index (χ3v) is 7.59. The van der Waals surface area contributed by atoms with Crippen LogP contribution < -0.4 is 10.5 Å². The highest BCUT2D eigenvalue weighted by atomic mass is 32.2. The molecule has 216 valence electrons. The first-order valence-electron chi connectivity index (χ1n) is 12.9. The van der Waals surface area contributed by atoms with Crippen LogP contribution in [0, 0.1) is 0 Å². The van der Waals surface area contributed by atoms with Gasteiger partial charge in [-0.1, -0.05) is 24.3 Å². The number of ether oxygens (including phenoxy) is 1. The summed E-state index contributed by atoms with van der Waals surface area (Å²) in [7, 11) is 0.0685. The van der Waals surface area contributed by atoms with Gasteiger partial charge in [-0.25, -0.2) is 14.3 Å². The summed E-state index contributed by atoms with van der Waals surface area (Å²) in [6, 6.07) is 19.4. The molecule has 0 amide bonds. The second-order valence-electron chi connectivity index (χ2n) is 9.35. The second kappa shape index (κ2) is 12.7. The van der Waals surface area contributed by atoms with Crippen LogP contribution in [-0.4, -0.2) is 50.2 Å². The van der Waals surface area contributed by atoms with Gasteiger partial charge in [-0.15, -0.1) is 0 Å². The maximum Gasteiger partial charge on any atom is 0.337 e. The van der Waals surface area contributed by atoms with E-state index in [1.807, 2.05) is 0 Å². The number of esters is 1. The molecule has 0 radical (unpaired) electrons. The monoisotopic (exact) mass is 587 g/mol. The van der Waals surface area contributed by atoms with Crippen LogP contribution >= 0.6 is 0 Å². The van der Waals surface area contributed by atoms with E-state index >= 15 is 0 Å². The van der Waals surface area contributed by atoms with Crippen LogP contribution in [0.5, 0.6) is 0 Å². The summed E-state index contributed by atoms with van der Waals surface area (Å²) in [5.74, 6) is -2.00. The van der Waals surface area contributed by atoms with Gasteiger partial charge >= 0.3 is 11.9 Å². The smallest absolute Gasteiger partial charge is 0.337 e.